The zero-order valence-corrected chi connectivity index (χ0v) is 13.8. The zero-order valence-electron chi connectivity index (χ0n) is 13.8. The van der Waals surface area contributed by atoms with Crippen LogP contribution in [0.4, 0.5) is 0 Å². The highest BCUT2D eigenvalue weighted by Crippen LogP contribution is 2.67. The fourth-order valence-corrected chi connectivity index (χ4v) is 4.28. The minimum Gasteiger partial charge on any atom is -0.325 e. The summed E-state index contributed by atoms with van der Waals surface area (Å²) in [5.41, 5.74) is 13.3. The molecule has 1 rings (SSSR count). The Hall–Kier alpha value is -0.600. The Morgan fingerprint density at radius 2 is 1.68 bits per heavy atom. The number of nitrogens with two attached hydrogens (primary N) is 2. The van der Waals surface area contributed by atoms with Crippen LogP contribution in [0.5, 0.6) is 0 Å². The van der Waals surface area contributed by atoms with Gasteiger partial charge in [-0.3, -0.25) is 0 Å². The fourth-order valence-electron chi connectivity index (χ4n) is 4.28. The molecule has 1 saturated carbocycles. The summed E-state index contributed by atoms with van der Waals surface area (Å²) in [6, 6.07) is 0. The van der Waals surface area contributed by atoms with Gasteiger partial charge in [-0.25, -0.2) is 0 Å². The Morgan fingerprint density at radius 3 is 2.00 bits per heavy atom. The SMILES string of the molecule is C=CC(C)C1(C)C(C(C)(C)N)C(=C)C(C)(N)C1(C)C. The second-order valence-corrected chi connectivity index (χ2v) is 7.91. The first-order valence-corrected chi connectivity index (χ1v) is 7.15. The van der Waals surface area contributed by atoms with E-state index in [-0.39, 0.29) is 22.3 Å². The largest absolute Gasteiger partial charge is 0.325 e. The van der Waals surface area contributed by atoms with Gasteiger partial charge in [0, 0.05) is 17.0 Å². The number of hydrogen-bond donors (Lipinski definition) is 2. The molecular formula is C17H32N2. The number of hydrogen-bond acceptors (Lipinski definition) is 2. The molecule has 4 unspecified atom stereocenters. The third-order valence-corrected chi connectivity index (χ3v) is 6.30. The third kappa shape index (κ3) is 1.84. The van der Waals surface area contributed by atoms with Gasteiger partial charge in [0.1, 0.15) is 0 Å². The normalized spacial score (nSPS) is 40.3. The Labute approximate surface area is 119 Å². The van der Waals surface area contributed by atoms with E-state index >= 15 is 0 Å². The molecule has 1 aliphatic rings. The van der Waals surface area contributed by atoms with Gasteiger partial charge in [0.15, 0.2) is 0 Å². The number of rotatable bonds is 3. The Kier molecular flexibility index (Phi) is 3.63. The Bertz CT molecular complexity index is 398. The lowest BCUT2D eigenvalue weighted by molar-refractivity contribution is -0.00399. The van der Waals surface area contributed by atoms with E-state index in [0.29, 0.717) is 5.92 Å². The lowest BCUT2D eigenvalue weighted by atomic mass is 9.54. The second kappa shape index (κ2) is 4.20. The fraction of sp³-hybridized carbons (Fsp3) is 0.765. The van der Waals surface area contributed by atoms with Gasteiger partial charge >= 0.3 is 0 Å². The van der Waals surface area contributed by atoms with E-state index in [9.17, 15) is 0 Å². The maximum absolute atomic E-state index is 6.66. The predicted octanol–water partition coefficient (Wildman–Crippen LogP) is 3.48. The summed E-state index contributed by atoms with van der Waals surface area (Å²) >= 11 is 0. The van der Waals surface area contributed by atoms with Crippen molar-refractivity contribution in [3.05, 3.63) is 24.8 Å². The summed E-state index contributed by atoms with van der Waals surface area (Å²) in [6.45, 7) is 23.5. The van der Waals surface area contributed by atoms with Crippen LogP contribution < -0.4 is 11.5 Å². The lowest BCUT2D eigenvalue weighted by Crippen LogP contribution is -2.55. The predicted molar refractivity (Wildman–Crippen MR) is 84.7 cm³/mol. The minimum atomic E-state index is -0.430. The van der Waals surface area contributed by atoms with Gasteiger partial charge in [-0.2, -0.15) is 0 Å². The minimum absolute atomic E-state index is 0.0619. The van der Waals surface area contributed by atoms with Gasteiger partial charge in [0.05, 0.1) is 0 Å². The molecular weight excluding hydrogens is 232 g/mol. The number of allylic oxidation sites excluding steroid dienone is 1. The van der Waals surface area contributed by atoms with Crippen molar-refractivity contribution in [2.24, 2.45) is 34.1 Å². The highest BCUT2D eigenvalue weighted by atomic mass is 14.9. The van der Waals surface area contributed by atoms with E-state index in [2.05, 4.69) is 61.6 Å². The molecule has 0 radical (unpaired) electrons. The average Bonchev–Trinajstić information content (AvgIpc) is 2.34. The lowest BCUT2D eigenvalue weighted by Gasteiger charge is -2.51. The molecule has 1 fully saturated rings. The van der Waals surface area contributed by atoms with Crippen molar-refractivity contribution in [1.82, 2.24) is 0 Å². The maximum Gasteiger partial charge on any atom is 0.0398 e. The van der Waals surface area contributed by atoms with E-state index in [1.165, 1.54) is 0 Å². The van der Waals surface area contributed by atoms with Crippen LogP contribution in [0.1, 0.15) is 48.5 Å². The molecule has 2 nitrogen and oxygen atoms in total. The van der Waals surface area contributed by atoms with Crippen LogP contribution in [-0.4, -0.2) is 11.1 Å². The maximum atomic E-state index is 6.66. The van der Waals surface area contributed by atoms with Gasteiger partial charge in [-0.05, 0) is 37.5 Å². The summed E-state index contributed by atoms with van der Waals surface area (Å²) in [5, 5.41) is 0. The van der Waals surface area contributed by atoms with Crippen molar-refractivity contribution in [1.29, 1.82) is 0 Å². The van der Waals surface area contributed by atoms with Crippen molar-refractivity contribution in [3.8, 4) is 0 Å². The van der Waals surface area contributed by atoms with Crippen LogP contribution in [0, 0.1) is 22.7 Å². The van der Waals surface area contributed by atoms with E-state index in [1.54, 1.807) is 0 Å². The molecule has 0 aromatic heterocycles. The molecule has 2 heteroatoms. The molecule has 19 heavy (non-hydrogen) atoms. The summed E-state index contributed by atoms with van der Waals surface area (Å²) in [7, 11) is 0. The molecule has 0 aromatic carbocycles. The van der Waals surface area contributed by atoms with Crippen molar-refractivity contribution in [3.63, 3.8) is 0 Å². The van der Waals surface area contributed by atoms with Gasteiger partial charge < -0.3 is 11.5 Å². The molecule has 0 bridgehead atoms. The summed E-state index contributed by atoms with van der Waals surface area (Å²) in [6.07, 6.45) is 2.02. The summed E-state index contributed by atoms with van der Waals surface area (Å²) < 4.78 is 0. The van der Waals surface area contributed by atoms with Crippen LogP contribution in [-0.2, 0) is 0 Å². The van der Waals surface area contributed by atoms with Gasteiger partial charge in [-0.1, -0.05) is 45.9 Å². The first-order chi connectivity index (χ1) is 8.26. The van der Waals surface area contributed by atoms with Crippen molar-refractivity contribution >= 4 is 0 Å². The molecule has 1 aliphatic carbocycles. The van der Waals surface area contributed by atoms with Crippen LogP contribution in [0.2, 0.25) is 0 Å². The van der Waals surface area contributed by atoms with Crippen molar-refractivity contribution in [2.45, 2.75) is 59.5 Å². The quantitative estimate of drug-likeness (QED) is 0.767. The third-order valence-electron chi connectivity index (χ3n) is 6.30. The topological polar surface area (TPSA) is 52.0 Å². The monoisotopic (exact) mass is 264 g/mol. The van der Waals surface area contributed by atoms with Gasteiger partial charge in [-0.15, -0.1) is 6.58 Å². The molecule has 4 atom stereocenters. The van der Waals surface area contributed by atoms with Crippen LogP contribution in [0.25, 0.3) is 0 Å². The van der Waals surface area contributed by atoms with E-state index in [0.717, 1.165) is 5.57 Å². The van der Waals surface area contributed by atoms with E-state index in [4.69, 9.17) is 11.5 Å². The molecule has 4 N–H and O–H groups in total. The van der Waals surface area contributed by atoms with Crippen LogP contribution in [0.15, 0.2) is 24.8 Å². The molecule has 0 aliphatic heterocycles. The first-order valence-electron chi connectivity index (χ1n) is 7.15. The smallest absolute Gasteiger partial charge is 0.0398 e. The van der Waals surface area contributed by atoms with E-state index < -0.39 is 5.54 Å². The van der Waals surface area contributed by atoms with E-state index in [1.807, 2.05) is 6.08 Å². The van der Waals surface area contributed by atoms with Gasteiger partial charge in [0.2, 0.25) is 0 Å². The Morgan fingerprint density at radius 1 is 1.26 bits per heavy atom. The molecule has 0 saturated heterocycles. The molecule has 0 spiro atoms. The summed E-state index contributed by atoms with van der Waals surface area (Å²) in [4.78, 5) is 0. The molecule has 0 amide bonds. The Balaban J connectivity index is 3.62. The van der Waals surface area contributed by atoms with Crippen molar-refractivity contribution in [2.75, 3.05) is 0 Å². The van der Waals surface area contributed by atoms with Crippen molar-refractivity contribution < 1.29 is 0 Å². The molecule has 0 aromatic rings. The highest BCUT2D eigenvalue weighted by Gasteiger charge is 2.67. The molecule has 0 heterocycles. The second-order valence-electron chi connectivity index (χ2n) is 7.91. The van der Waals surface area contributed by atoms with Crippen LogP contribution >= 0.6 is 0 Å². The molecule has 110 valence electrons. The highest BCUT2D eigenvalue weighted by molar-refractivity contribution is 5.38. The van der Waals surface area contributed by atoms with Gasteiger partial charge in [0.25, 0.3) is 0 Å². The zero-order chi connectivity index (χ0) is 15.4. The first kappa shape index (κ1) is 16.5. The van der Waals surface area contributed by atoms with Crippen LogP contribution in [0.3, 0.4) is 0 Å². The average molecular weight is 264 g/mol. The standard InChI is InChI=1S/C17H32N2/c1-10-11(2)16(8)13(14(4,5)18)12(3)17(9,19)15(16,6)7/h10-11,13H,1,3,18-19H2,2,4-9H3. The summed E-state index contributed by atoms with van der Waals surface area (Å²) in [5.74, 6) is 0.482.